The Morgan fingerprint density at radius 3 is 2.55 bits per heavy atom. The summed E-state index contributed by atoms with van der Waals surface area (Å²) in [7, 11) is 0. The fraction of sp³-hybridized carbons (Fsp3) is 0.839. The summed E-state index contributed by atoms with van der Waals surface area (Å²) in [6.07, 6.45) is 21.9. The molecule has 0 radical (unpaired) electrons. The van der Waals surface area contributed by atoms with Gasteiger partial charge in [0.2, 0.25) is 0 Å². The molecule has 33 heavy (non-hydrogen) atoms. The van der Waals surface area contributed by atoms with Gasteiger partial charge in [0, 0.05) is 17.9 Å². The summed E-state index contributed by atoms with van der Waals surface area (Å²) in [5.74, 6) is 5.05. The van der Waals surface area contributed by atoms with Crippen molar-refractivity contribution in [2.45, 2.75) is 117 Å². The summed E-state index contributed by atoms with van der Waals surface area (Å²) in [6.45, 7) is 9.18. The van der Waals surface area contributed by atoms with Crippen LogP contribution in [-0.2, 0) is 6.42 Å². The van der Waals surface area contributed by atoms with Crippen LogP contribution in [0.3, 0.4) is 0 Å². The fourth-order valence-electron chi connectivity index (χ4n) is 9.34. The van der Waals surface area contributed by atoms with E-state index in [0.717, 1.165) is 42.1 Å². The first-order valence-electron chi connectivity index (χ1n) is 14.6. The van der Waals surface area contributed by atoms with Crippen LogP contribution in [-0.4, -0.2) is 17.6 Å². The second-order valence-electron chi connectivity index (χ2n) is 13.1. The Balaban J connectivity index is 1.05. The lowest BCUT2D eigenvalue weighted by molar-refractivity contribution is -0.113. The number of fused-ring (bicyclic) bond motifs is 5. The van der Waals surface area contributed by atoms with Crippen LogP contribution in [0.1, 0.15) is 110 Å². The van der Waals surface area contributed by atoms with Gasteiger partial charge in [0.15, 0.2) is 0 Å². The van der Waals surface area contributed by atoms with Gasteiger partial charge in [-0.1, -0.05) is 39.7 Å². The maximum Gasteiger partial charge on any atom is 0.0403 e. The third kappa shape index (κ3) is 4.67. The Morgan fingerprint density at radius 2 is 1.70 bits per heavy atom. The Bertz CT molecular complexity index is 761. The lowest BCUT2D eigenvalue weighted by Gasteiger charge is -2.61. The Labute approximate surface area is 204 Å². The van der Waals surface area contributed by atoms with Crippen molar-refractivity contribution in [1.29, 1.82) is 0 Å². The van der Waals surface area contributed by atoms with E-state index in [2.05, 4.69) is 43.2 Å². The molecule has 2 heteroatoms. The zero-order chi connectivity index (χ0) is 22.9. The summed E-state index contributed by atoms with van der Waals surface area (Å²) >= 11 is 0. The highest BCUT2D eigenvalue weighted by Gasteiger charge is 2.59. The Morgan fingerprint density at radius 1 is 0.879 bits per heavy atom. The van der Waals surface area contributed by atoms with E-state index in [0.29, 0.717) is 10.8 Å². The van der Waals surface area contributed by atoms with Crippen molar-refractivity contribution in [3.05, 3.63) is 30.1 Å². The minimum absolute atomic E-state index is 0.639. The molecule has 1 N–H and O–H groups in total. The quantitative estimate of drug-likeness (QED) is 0.408. The van der Waals surface area contributed by atoms with Crippen molar-refractivity contribution >= 4 is 0 Å². The standard InChI is InChI=1S/C31H50N2/c1-23-12-15-28-27-14-13-24-22-26(16-18-31(24,3)29(27)17-19-30(23,28)2)33-20-8-5-4-6-10-25-11-7-9-21-32-25/h7,9,11,21,23-24,26-29,33H,4-6,8,10,12-20,22H2,1-3H3/t23-,24?,26-,27-,28-,29-,30+,31-/m0/s1. The molecule has 0 amide bonds. The van der Waals surface area contributed by atoms with Gasteiger partial charge in [-0.25, -0.2) is 0 Å². The summed E-state index contributed by atoms with van der Waals surface area (Å²) in [4.78, 5) is 4.45. The van der Waals surface area contributed by atoms with E-state index in [9.17, 15) is 0 Å². The largest absolute Gasteiger partial charge is 0.314 e. The third-order valence-corrected chi connectivity index (χ3v) is 11.7. The zero-order valence-electron chi connectivity index (χ0n) is 21.8. The monoisotopic (exact) mass is 450 g/mol. The van der Waals surface area contributed by atoms with Crippen LogP contribution in [0.25, 0.3) is 0 Å². The predicted molar refractivity (Wildman–Crippen MR) is 139 cm³/mol. The van der Waals surface area contributed by atoms with Gasteiger partial charge in [0.25, 0.3) is 0 Å². The number of nitrogens with zero attached hydrogens (tertiary/aromatic N) is 1. The number of aryl methyl sites for hydroxylation is 1. The molecule has 8 atom stereocenters. The van der Waals surface area contributed by atoms with Crippen LogP contribution in [0.2, 0.25) is 0 Å². The Kier molecular flexibility index (Phi) is 7.22. The van der Waals surface area contributed by atoms with Crippen LogP contribution >= 0.6 is 0 Å². The molecule has 1 aromatic heterocycles. The lowest BCUT2D eigenvalue weighted by atomic mass is 9.44. The van der Waals surface area contributed by atoms with Gasteiger partial charge in [-0.3, -0.25) is 4.98 Å². The summed E-state index contributed by atoms with van der Waals surface area (Å²) < 4.78 is 0. The zero-order valence-corrected chi connectivity index (χ0v) is 21.8. The number of unbranched alkanes of at least 4 members (excludes halogenated alkanes) is 3. The average molecular weight is 451 g/mol. The van der Waals surface area contributed by atoms with Crippen molar-refractivity contribution < 1.29 is 0 Å². The molecule has 4 fully saturated rings. The molecule has 4 aliphatic carbocycles. The van der Waals surface area contributed by atoms with Gasteiger partial charge >= 0.3 is 0 Å². The van der Waals surface area contributed by atoms with E-state index >= 15 is 0 Å². The van der Waals surface area contributed by atoms with Crippen molar-refractivity contribution in [1.82, 2.24) is 10.3 Å². The summed E-state index contributed by atoms with van der Waals surface area (Å²) in [6, 6.07) is 7.06. The van der Waals surface area contributed by atoms with Gasteiger partial charge in [-0.15, -0.1) is 0 Å². The SMILES string of the molecule is C[C@H]1CC[C@H]2[C@@H]3CCC4C[C@@H](NCCCCCCc5ccccn5)CC[C@]4(C)[C@H]3CC[C@]12C. The first kappa shape index (κ1) is 23.8. The van der Waals surface area contributed by atoms with Crippen LogP contribution in [0.15, 0.2) is 24.4 Å². The Hall–Kier alpha value is -0.890. The second kappa shape index (κ2) is 10.00. The van der Waals surface area contributed by atoms with Crippen LogP contribution < -0.4 is 5.32 Å². The van der Waals surface area contributed by atoms with Gasteiger partial charge in [-0.2, -0.15) is 0 Å². The normalized spacial score (nSPS) is 42.4. The second-order valence-corrected chi connectivity index (χ2v) is 13.1. The molecule has 0 aromatic carbocycles. The van der Waals surface area contributed by atoms with Gasteiger partial charge in [0.05, 0.1) is 0 Å². The number of rotatable bonds is 8. The molecule has 184 valence electrons. The molecule has 4 saturated carbocycles. The van der Waals surface area contributed by atoms with E-state index in [1.54, 1.807) is 6.42 Å². The van der Waals surface area contributed by atoms with E-state index < -0.39 is 0 Å². The first-order chi connectivity index (χ1) is 16.0. The minimum atomic E-state index is 0.639. The molecule has 4 aliphatic rings. The molecular formula is C31H50N2. The predicted octanol–water partition coefficient (Wildman–Crippen LogP) is 7.82. The maximum absolute atomic E-state index is 4.45. The molecule has 0 saturated heterocycles. The highest BCUT2D eigenvalue weighted by atomic mass is 14.9. The van der Waals surface area contributed by atoms with E-state index in [4.69, 9.17) is 0 Å². The molecule has 1 unspecified atom stereocenters. The molecule has 0 spiro atoms. The molecule has 0 bridgehead atoms. The third-order valence-electron chi connectivity index (χ3n) is 11.7. The first-order valence-corrected chi connectivity index (χ1v) is 14.6. The number of hydrogen-bond acceptors (Lipinski definition) is 2. The maximum atomic E-state index is 4.45. The van der Waals surface area contributed by atoms with Crippen molar-refractivity contribution in [2.24, 2.45) is 40.4 Å². The van der Waals surface area contributed by atoms with Crippen molar-refractivity contribution in [3.63, 3.8) is 0 Å². The highest BCUT2D eigenvalue weighted by Crippen LogP contribution is 2.67. The number of nitrogens with one attached hydrogen (secondary N) is 1. The van der Waals surface area contributed by atoms with Crippen molar-refractivity contribution in [3.8, 4) is 0 Å². The van der Waals surface area contributed by atoms with Crippen LogP contribution in [0, 0.1) is 40.4 Å². The molecule has 1 heterocycles. The van der Waals surface area contributed by atoms with Gasteiger partial charge < -0.3 is 5.32 Å². The minimum Gasteiger partial charge on any atom is -0.314 e. The average Bonchev–Trinajstić information content (AvgIpc) is 3.13. The topological polar surface area (TPSA) is 24.9 Å². The number of hydrogen-bond donors (Lipinski definition) is 1. The van der Waals surface area contributed by atoms with E-state index in [-0.39, 0.29) is 0 Å². The van der Waals surface area contributed by atoms with E-state index in [1.165, 1.54) is 89.3 Å². The molecule has 1 aromatic rings. The molecule has 2 nitrogen and oxygen atoms in total. The van der Waals surface area contributed by atoms with Gasteiger partial charge in [-0.05, 0) is 136 Å². The van der Waals surface area contributed by atoms with Crippen LogP contribution in [0.4, 0.5) is 0 Å². The van der Waals surface area contributed by atoms with Crippen LogP contribution in [0.5, 0.6) is 0 Å². The fourth-order valence-corrected chi connectivity index (χ4v) is 9.34. The molecular weight excluding hydrogens is 400 g/mol. The van der Waals surface area contributed by atoms with Crippen molar-refractivity contribution in [2.75, 3.05) is 6.54 Å². The highest BCUT2D eigenvalue weighted by molar-refractivity contribution is 5.09. The lowest BCUT2D eigenvalue weighted by Crippen LogP contribution is -2.55. The van der Waals surface area contributed by atoms with Gasteiger partial charge in [0.1, 0.15) is 0 Å². The number of aromatic nitrogens is 1. The smallest absolute Gasteiger partial charge is 0.0403 e. The molecule has 5 rings (SSSR count). The molecule has 0 aliphatic heterocycles. The number of pyridine rings is 1. The summed E-state index contributed by atoms with van der Waals surface area (Å²) in [5.41, 5.74) is 2.56. The summed E-state index contributed by atoms with van der Waals surface area (Å²) in [5, 5.41) is 3.99. The van der Waals surface area contributed by atoms with E-state index in [1.807, 2.05) is 12.3 Å².